The molecule has 0 saturated heterocycles. The molecule has 1 aromatic carbocycles. The smallest absolute Gasteiger partial charge is 0.270 e. The highest BCUT2D eigenvalue weighted by Gasteiger charge is 2.18. The third kappa shape index (κ3) is 2.94. The predicted molar refractivity (Wildman–Crippen MR) is 84.2 cm³/mol. The van der Waals surface area contributed by atoms with Crippen LogP contribution in [0.4, 0.5) is 4.39 Å². The van der Waals surface area contributed by atoms with Crippen molar-refractivity contribution >= 4 is 16.8 Å². The van der Waals surface area contributed by atoms with Gasteiger partial charge in [0.15, 0.2) is 5.82 Å². The fourth-order valence-electron chi connectivity index (χ4n) is 2.59. The van der Waals surface area contributed by atoms with Gasteiger partial charge in [-0.05, 0) is 30.9 Å². The SMILES string of the molecule is CCCN(CC)C(=O)c1cc2ccc(C(C)C)c(F)c2[nH]1. The fourth-order valence-corrected chi connectivity index (χ4v) is 2.59. The van der Waals surface area contributed by atoms with Crippen LogP contribution in [0.5, 0.6) is 0 Å². The highest BCUT2D eigenvalue weighted by Crippen LogP contribution is 2.26. The average molecular weight is 290 g/mol. The van der Waals surface area contributed by atoms with Gasteiger partial charge in [0.25, 0.3) is 5.91 Å². The van der Waals surface area contributed by atoms with Crippen molar-refractivity contribution in [1.29, 1.82) is 0 Å². The van der Waals surface area contributed by atoms with E-state index in [1.54, 1.807) is 17.0 Å². The maximum Gasteiger partial charge on any atom is 0.270 e. The van der Waals surface area contributed by atoms with E-state index in [9.17, 15) is 9.18 Å². The predicted octanol–water partition coefficient (Wildman–Crippen LogP) is 4.30. The number of fused-ring (bicyclic) bond motifs is 1. The lowest BCUT2D eigenvalue weighted by atomic mass is 10.0. The van der Waals surface area contributed by atoms with Crippen molar-refractivity contribution in [2.24, 2.45) is 0 Å². The molecule has 21 heavy (non-hydrogen) atoms. The number of benzene rings is 1. The van der Waals surface area contributed by atoms with Crippen LogP contribution < -0.4 is 0 Å². The first-order valence-electron chi connectivity index (χ1n) is 7.59. The molecule has 1 heterocycles. The molecule has 114 valence electrons. The highest BCUT2D eigenvalue weighted by atomic mass is 19.1. The molecule has 0 unspecified atom stereocenters. The largest absolute Gasteiger partial charge is 0.348 e. The molecule has 1 amide bonds. The number of aromatic amines is 1. The Kier molecular flexibility index (Phi) is 4.66. The third-order valence-electron chi connectivity index (χ3n) is 3.78. The number of rotatable bonds is 5. The summed E-state index contributed by atoms with van der Waals surface area (Å²) in [7, 11) is 0. The van der Waals surface area contributed by atoms with Gasteiger partial charge in [0.1, 0.15) is 5.69 Å². The molecule has 0 spiro atoms. The monoisotopic (exact) mass is 290 g/mol. The Balaban J connectivity index is 2.43. The average Bonchev–Trinajstić information content (AvgIpc) is 2.89. The van der Waals surface area contributed by atoms with Gasteiger partial charge in [0, 0.05) is 18.5 Å². The molecule has 0 fully saturated rings. The summed E-state index contributed by atoms with van der Waals surface area (Å²) in [5, 5.41) is 0.743. The molecule has 0 aliphatic rings. The van der Waals surface area contributed by atoms with Gasteiger partial charge in [-0.1, -0.05) is 32.9 Å². The molecule has 0 atom stereocenters. The molecule has 0 aliphatic carbocycles. The molecular formula is C17H23FN2O. The van der Waals surface area contributed by atoms with Crippen LogP contribution in [0.25, 0.3) is 10.9 Å². The lowest BCUT2D eigenvalue weighted by Gasteiger charge is -2.18. The van der Waals surface area contributed by atoms with E-state index >= 15 is 0 Å². The normalized spacial score (nSPS) is 11.3. The maximum absolute atomic E-state index is 14.5. The zero-order valence-corrected chi connectivity index (χ0v) is 13.2. The summed E-state index contributed by atoms with van der Waals surface area (Å²) in [4.78, 5) is 17.2. The van der Waals surface area contributed by atoms with Gasteiger partial charge in [0.2, 0.25) is 0 Å². The molecule has 0 radical (unpaired) electrons. The molecule has 0 saturated carbocycles. The summed E-state index contributed by atoms with van der Waals surface area (Å²) < 4.78 is 14.5. The molecular weight excluding hydrogens is 267 g/mol. The van der Waals surface area contributed by atoms with Gasteiger partial charge in [-0.25, -0.2) is 4.39 Å². The molecule has 0 aliphatic heterocycles. The van der Waals surface area contributed by atoms with E-state index in [1.165, 1.54) is 0 Å². The number of hydrogen-bond donors (Lipinski definition) is 1. The minimum atomic E-state index is -0.250. The van der Waals surface area contributed by atoms with E-state index in [-0.39, 0.29) is 17.6 Å². The summed E-state index contributed by atoms with van der Waals surface area (Å²) in [5.74, 6) is -0.203. The topological polar surface area (TPSA) is 36.1 Å². The van der Waals surface area contributed by atoms with Crippen molar-refractivity contribution in [2.45, 2.75) is 40.0 Å². The van der Waals surface area contributed by atoms with E-state index in [1.807, 2.05) is 33.8 Å². The van der Waals surface area contributed by atoms with E-state index < -0.39 is 0 Å². The van der Waals surface area contributed by atoms with Crippen molar-refractivity contribution in [3.63, 3.8) is 0 Å². The van der Waals surface area contributed by atoms with Crippen LogP contribution in [-0.2, 0) is 0 Å². The second-order valence-corrected chi connectivity index (χ2v) is 5.66. The Morgan fingerprint density at radius 1 is 1.33 bits per heavy atom. The Hall–Kier alpha value is -1.84. The number of carbonyl (C=O) groups is 1. The summed E-state index contributed by atoms with van der Waals surface area (Å²) >= 11 is 0. The summed E-state index contributed by atoms with van der Waals surface area (Å²) in [5.41, 5.74) is 1.56. The first-order chi connectivity index (χ1) is 9.99. The van der Waals surface area contributed by atoms with E-state index in [2.05, 4.69) is 4.98 Å². The van der Waals surface area contributed by atoms with Crippen LogP contribution in [0, 0.1) is 5.82 Å². The number of hydrogen-bond acceptors (Lipinski definition) is 1. The summed E-state index contributed by atoms with van der Waals surface area (Å²) in [6, 6.07) is 5.41. The van der Waals surface area contributed by atoms with Crippen LogP contribution in [0.2, 0.25) is 0 Å². The van der Waals surface area contributed by atoms with Crippen molar-refractivity contribution in [1.82, 2.24) is 9.88 Å². The lowest BCUT2D eigenvalue weighted by Crippen LogP contribution is -2.31. The highest BCUT2D eigenvalue weighted by molar-refractivity contribution is 5.98. The first-order valence-corrected chi connectivity index (χ1v) is 7.59. The van der Waals surface area contributed by atoms with Crippen LogP contribution in [0.3, 0.4) is 0 Å². The standard InChI is InChI=1S/C17H23FN2O/c1-5-9-20(6-2)17(21)14-10-12-7-8-13(11(3)4)15(18)16(12)19-14/h7-8,10-11,19H,5-6,9H2,1-4H3. The number of aromatic nitrogens is 1. The first kappa shape index (κ1) is 15.5. The third-order valence-corrected chi connectivity index (χ3v) is 3.78. The van der Waals surface area contributed by atoms with Gasteiger partial charge < -0.3 is 9.88 Å². The van der Waals surface area contributed by atoms with E-state index in [0.717, 1.165) is 11.8 Å². The number of amides is 1. The van der Waals surface area contributed by atoms with Gasteiger partial charge in [-0.2, -0.15) is 0 Å². The Morgan fingerprint density at radius 3 is 2.62 bits per heavy atom. The number of halogens is 1. The zero-order chi connectivity index (χ0) is 15.6. The number of nitrogens with one attached hydrogen (secondary N) is 1. The fraction of sp³-hybridized carbons (Fsp3) is 0.471. The quantitative estimate of drug-likeness (QED) is 0.875. The molecule has 0 bridgehead atoms. The summed E-state index contributed by atoms with van der Waals surface area (Å²) in [6.45, 7) is 9.27. The van der Waals surface area contributed by atoms with Crippen LogP contribution in [0.1, 0.15) is 56.1 Å². The van der Waals surface area contributed by atoms with Gasteiger partial charge in [-0.15, -0.1) is 0 Å². The Bertz CT molecular complexity index is 646. The molecule has 1 N–H and O–H groups in total. The van der Waals surface area contributed by atoms with Crippen LogP contribution in [-0.4, -0.2) is 28.9 Å². The van der Waals surface area contributed by atoms with Crippen LogP contribution in [0.15, 0.2) is 18.2 Å². The molecule has 1 aromatic heterocycles. The minimum Gasteiger partial charge on any atom is -0.348 e. The second kappa shape index (κ2) is 6.29. The van der Waals surface area contributed by atoms with Gasteiger partial charge in [0.05, 0.1) is 5.52 Å². The zero-order valence-electron chi connectivity index (χ0n) is 13.2. The minimum absolute atomic E-state index is 0.0685. The van der Waals surface area contributed by atoms with Crippen molar-refractivity contribution in [3.05, 3.63) is 35.3 Å². The number of H-pyrrole nitrogens is 1. The maximum atomic E-state index is 14.5. The molecule has 2 rings (SSSR count). The van der Waals surface area contributed by atoms with E-state index in [4.69, 9.17) is 0 Å². The van der Waals surface area contributed by atoms with Crippen molar-refractivity contribution in [3.8, 4) is 0 Å². The second-order valence-electron chi connectivity index (χ2n) is 5.66. The van der Waals surface area contributed by atoms with E-state index in [0.29, 0.717) is 29.9 Å². The van der Waals surface area contributed by atoms with Gasteiger partial charge >= 0.3 is 0 Å². The lowest BCUT2D eigenvalue weighted by molar-refractivity contribution is 0.0759. The molecule has 4 heteroatoms. The molecule has 2 aromatic rings. The number of nitrogens with zero attached hydrogens (tertiary/aromatic N) is 1. The van der Waals surface area contributed by atoms with Crippen molar-refractivity contribution in [2.75, 3.05) is 13.1 Å². The van der Waals surface area contributed by atoms with Crippen LogP contribution >= 0.6 is 0 Å². The number of carbonyl (C=O) groups excluding carboxylic acids is 1. The Labute approximate surface area is 125 Å². The molecule has 3 nitrogen and oxygen atoms in total. The van der Waals surface area contributed by atoms with Crippen molar-refractivity contribution < 1.29 is 9.18 Å². The Morgan fingerprint density at radius 2 is 2.05 bits per heavy atom. The summed E-state index contributed by atoms with van der Waals surface area (Å²) in [6.07, 6.45) is 0.908. The van der Waals surface area contributed by atoms with Gasteiger partial charge in [-0.3, -0.25) is 4.79 Å².